The number of nitrogens with zero attached hydrogens (tertiary/aromatic N) is 1. The Morgan fingerprint density at radius 2 is 1.54 bits per heavy atom. The molecule has 0 saturated heterocycles. The molecule has 1 aliphatic carbocycles. The SMILES string of the molecule is O=C(ON1C(=O)c2ccccc2C1=O)C1CC1c1ccccc1OC(F)(F)F. The second kappa shape index (κ2) is 6.36. The van der Waals surface area contributed by atoms with Gasteiger partial charge in [0, 0.05) is 5.92 Å². The van der Waals surface area contributed by atoms with Crippen LogP contribution in [0.2, 0.25) is 0 Å². The van der Waals surface area contributed by atoms with Crippen molar-refractivity contribution in [2.75, 3.05) is 0 Å². The first-order valence-electron chi connectivity index (χ1n) is 8.30. The van der Waals surface area contributed by atoms with Gasteiger partial charge in [-0.3, -0.25) is 9.59 Å². The lowest BCUT2D eigenvalue weighted by Crippen LogP contribution is -2.33. The smallest absolute Gasteiger partial charge is 0.405 e. The minimum atomic E-state index is -4.86. The predicted octanol–water partition coefficient (Wildman–Crippen LogP) is 3.44. The first kappa shape index (κ1) is 18.0. The van der Waals surface area contributed by atoms with Crippen LogP contribution in [0, 0.1) is 5.92 Å². The molecule has 0 aromatic heterocycles. The molecular formula is C19H12F3NO5. The summed E-state index contributed by atoms with van der Waals surface area (Å²) < 4.78 is 41.7. The molecule has 28 heavy (non-hydrogen) atoms. The molecule has 4 rings (SSSR count). The largest absolute Gasteiger partial charge is 0.573 e. The Hall–Kier alpha value is -3.36. The maximum Gasteiger partial charge on any atom is 0.573 e. The lowest BCUT2D eigenvalue weighted by molar-refractivity contribution is -0.274. The van der Waals surface area contributed by atoms with Crippen LogP contribution < -0.4 is 4.74 Å². The molecule has 0 bridgehead atoms. The molecule has 2 unspecified atom stereocenters. The second-order valence-corrected chi connectivity index (χ2v) is 6.39. The number of imide groups is 1. The molecule has 0 radical (unpaired) electrons. The summed E-state index contributed by atoms with van der Waals surface area (Å²) in [6.07, 6.45) is -4.64. The molecule has 2 aromatic carbocycles. The highest BCUT2D eigenvalue weighted by Crippen LogP contribution is 2.51. The summed E-state index contributed by atoms with van der Waals surface area (Å²) in [7, 11) is 0. The van der Waals surface area contributed by atoms with Crippen molar-refractivity contribution in [2.24, 2.45) is 5.92 Å². The zero-order valence-corrected chi connectivity index (χ0v) is 14.1. The van der Waals surface area contributed by atoms with Crippen LogP contribution in [0.25, 0.3) is 0 Å². The lowest BCUT2D eigenvalue weighted by Gasteiger charge is -2.14. The van der Waals surface area contributed by atoms with Crippen LogP contribution in [0.5, 0.6) is 5.75 Å². The fraction of sp³-hybridized carbons (Fsp3) is 0.211. The number of hydrogen-bond acceptors (Lipinski definition) is 5. The number of rotatable bonds is 4. The number of carbonyl (C=O) groups is 3. The summed E-state index contributed by atoms with van der Waals surface area (Å²) in [6.45, 7) is 0. The van der Waals surface area contributed by atoms with Crippen molar-refractivity contribution in [1.29, 1.82) is 0 Å². The second-order valence-electron chi connectivity index (χ2n) is 6.39. The molecule has 1 aliphatic heterocycles. The molecule has 9 heteroatoms. The van der Waals surface area contributed by atoms with Gasteiger partial charge in [0.15, 0.2) is 0 Å². The van der Waals surface area contributed by atoms with E-state index in [1.165, 1.54) is 30.3 Å². The Morgan fingerprint density at radius 1 is 0.964 bits per heavy atom. The summed E-state index contributed by atoms with van der Waals surface area (Å²) in [5, 5.41) is 0.389. The predicted molar refractivity (Wildman–Crippen MR) is 87.0 cm³/mol. The van der Waals surface area contributed by atoms with E-state index in [-0.39, 0.29) is 23.1 Å². The van der Waals surface area contributed by atoms with Crippen LogP contribution in [-0.2, 0) is 9.63 Å². The van der Waals surface area contributed by atoms with Crippen LogP contribution in [0.1, 0.15) is 38.6 Å². The molecule has 1 heterocycles. The molecule has 2 aliphatic rings. The average Bonchev–Trinajstić information content (AvgIpc) is 3.40. The first-order chi connectivity index (χ1) is 13.3. The van der Waals surface area contributed by atoms with Crippen molar-refractivity contribution in [3.63, 3.8) is 0 Å². The van der Waals surface area contributed by atoms with Gasteiger partial charge in [-0.15, -0.1) is 13.2 Å². The number of amides is 2. The molecule has 1 fully saturated rings. The normalized spacial score (nSPS) is 20.8. The minimum absolute atomic E-state index is 0.122. The highest BCUT2D eigenvalue weighted by molar-refractivity contribution is 6.20. The van der Waals surface area contributed by atoms with Crippen LogP contribution in [-0.4, -0.2) is 29.2 Å². The van der Waals surface area contributed by atoms with Gasteiger partial charge in [0.05, 0.1) is 17.0 Å². The Balaban J connectivity index is 1.47. The van der Waals surface area contributed by atoms with Gasteiger partial charge in [-0.1, -0.05) is 35.4 Å². The van der Waals surface area contributed by atoms with Crippen LogP contribution >= 0.6 is 0 Å². The van der Waals surface area contributed by atoms with Crippen molar-refractivity contribution < 1.29 is 37.1 Å². The highest BCUT2D eigenvalue weighted by Gasteiger charge is 2.50. The number of carbonyl (C=O) groups excluding carboxylic acids is 3. The van der Waals surface area contributed by atoms with Crippen LogP contribution in [0.15, 0.2) is 48.5 Å². The maximum atomic E-state index is 12.6. The topological polar surface area (TPSA) is 72.9 Å². The van der Waals surface area contributed by atoms with Gasteiger partial charge >= 0.3 is 12.3 Å². The third kappa shape index (κ3) is 3.19. The van der Waals surface area contributed by atoms with E-state index >= 15 is 0 Å². The molecule has 6 nitrogen and oxygen atoms in total. The van der Waals surface area contributed by atoms with E-state index in [4.69, 9.17) is 4.84 Å². The Kier molecular flexibility index (Phi) is 4.10. The molecule has 2 aromatic rings. The van der Waals surface area contributed by atoms with Gasteiger partial charge in [0.25, 0.3) is 11.8 Å². The Labute approximate surface area is 156 Å². The highest BCUT2D eigenvalue weighted by atomic mass is 19.4. The molecule has 0 N–H and O–H groups in total. The summed E-state index contributed by atoms with van der Waals surface area (Å²) in [5.74, 6) is -4.10. The third-order valence-electron chi connectivity index (χ3n) is 4.58. The summed E-state index contributed by atoms with van der Waals surface area (Å²) in [5.41, 5.74) is 0.456. The van der Waals surface area contributed by atoms with Crippen LogP contribution in [0.3, 0.4) is 0 Å². The van der Waals surface area contributed by atoms with Gasteiger partial charge in [-0.2, -0.15) is 0 Å². The van der Waals surface area contributed by atoms with E-state index in [0.29, 0.717) is 5.06 Å². The Morgan fingerprint density at radius 3 is 2.14 bits per heavy atom. The summed E-state index contributed by atoms with van der Waals surface area (Å²) in [4.78, 5) is 41.8. The maximum absolute atomic E-state index is 12.6. The quantitative estimate of drug-likeness (QED) is 0.747. The van der Waals surface area contributed by atoms with Gasteiger partial charge in [-0.05, 0) is 30.2 Å². The number of fused-ring (bicyclic) bond motifs is 1. The number of halogens is 3. The van der Waals surface area contributed by atoms with E-state index in [2.05, 4.69) is 4.74 Å². The molecule has 144 valence electrons. The number of hydroxylamine groups is 2. The van der Waals surface area contributed by atoms with Crippen LogP contribution in [0.4, 0.5) is 13.2 Å². The number of hydrogen-bond donors (Lipinski definition) is 0. The lowest BCUT2D eigenvalue weighted by atomic mass is 10.1. The fourth-order valence-corrected chi connectivity index (χ4v) is 3.21. The first-order valence-corrected chi connectivity index (χ1v) is 8.30. The number of benzene rings is 2. The molecule has 2 amide bonds. The van der Waals surface area contributed by atoms with Crippen molar-refractivity contribution in [1.82, 2.24) is 5.06 Å². The molecule has 1 saturated carbocycles. The summed E-state index contributed by atoms with van der Waals surface area (Å²) >= 11 is 0. The third-order valence-corrected chi connectivity index (χ3v) is 4.58. The monoisotopic (exact) mass is 391 g/mol. The Bertz CT molecular complexity index is 953. The molecule has 0 spiro atoms. The van der Waals surface area contributed by atoms with Gasteiger partial charge in [0.1, 0.15) is 5.75 Å². The molecular weight excluding hydrogens is 379 g/mol. The van der Waals surface area contributed by atoms with Gasteiger partial charge in [0.2, 0.25) is 0 Å². The van der Waals surface area contributed by atoms with Crippen molar-refractivity contribution >= 4 is 17.8 Å². The van der Waals surface area contributed by atoms with Crippen molar-refractivity contribution in [2.45, 2.75) is 18.7 Å². The van der Waals surface area contributed by atoms with Gasteiger partial charge < -0.3 is 9.57 Å². The number of para-hydroxylation sites is 1. The number of alkyl halides is 3. The van der Waals surface area contributed by atoms with E-state index in [0.717, 1.165) is 6.07 Å². The standard InChI is InChI=1S/C19H12F3NO5/c20-19(21,22)27-15-8-4-3-5-10(15)13-9-14(13)18(26)28-23-16(24)11-6-1-2-7-12(11)17(23)25/h1-8,13-14H,9H2. The minimum Gasteiger partial charge on any atom is -0.405 e. The van der Waals surface area contributed by atoms with Gasteiger partial charge in [-0.25, -0.2) is 4.79 Å². The zero-order valence-electron chi connectivity index (χ0n) is 14.1. The van der Waals surface area contributed by atoms with E-state index in [1.807, 2.05) is 0 Å². The zero-order chi connectivity index (χ0) is 20.1. The van der Waals surface area contributed by atoms with E-state index in [1.54, 1.807) is 12.1 Å². The summed E-state index contributed by atoms with van der Waals surface area (Å²) in [6, 6.07) is 11.5. The van der Waals surface area contributed by atoms with E-state index in [9.17, 15) is 27.6 Å². The average molecular weight is 391 g/mol. The van der Waals surface area contributed by atoms with Crippen molar-refractivity contribution in [3.05, 3.63) is 65.2 Å². The van der Waals surface area contributed by atoms with E-state index < -0.39 is 41.7 Å². The van der Waals surface area contributed by atoms with Crippen molar-refractivity contribution in [3.8, 4) is 5.75 Å². The molecule has 2 atom stereocenters. The fourth-order valence-electron chi connectivity index (χ4n) is 3.21. The number of ether oxygens (including phenoxy) is 1.